The quantitative estimate of drug-likeness (QED) is 0.489. The van der Waals surface area contributed by atoms with Crippen LogP contribution in [0.1, 0.15) is 76.3 Å². The van der Waals surface area contributed by atoms with Crippen LogP contribution in [0.25, 0.3) is 5.57 Å². The van der Waals surface area contributed by atoms with E-state index in [0.29, 0.717) is 11.1 Å². The second-order valence-corrected chi connectivity index (χ2v) is 8.67. The Hall–Kier alpha value is -0.890. The van der Waals surface area contributed by atoms with Gasteiger partial charge in [-0.1, -0.05) is 55.5 Å². The molecule has 0 aromatic heterocycles. The SMILES string of the molecule is CCC1CCC(C2CCC(c3ccc(CCF)c(Cl)c3F)=C(C)C2)CC1. The number of rotatable bonds is 5. The Labute approximate surface area is 162 Å². The minimum Gasteiger partial charge on any atom is -0.251 e. The summed E-state index contributed by atoms with van der Waals surface area (Å²) in [6.45, 7) is 3.95. The molecule has 1 aromatic rings. The fourth-order valence-electron chi connectivity index (χ4n) is 5.11. The average Bonchev–Trinajstić information content (AvgIpc) is 2.66. The minimum atomic E-state index is -0.512. The first-order valence-electron chi connectivity index (χ1n) is 10.3. The smallest absolute Gasteiger partial charge is 0.149 e. The summed E-state index contributed by atoms with van der Waals surface area (Å²) in [6, 6.07) is 3.59. The highest BCUT2D eigenvalue weighted by molar-refractivity contribution is 6.31. The first-order chi connectivity index (χ1) is 12.5. The molecule has 1 unspecified atom stereocenters. The summed E-state index contributed by atoms with van der Waals surface area (Å²) < 4.78 is 27.4. The summed E-state index contributed by atoms with van der Waals surface area (Å²) in [7, 11) is 0. The third-order valence-electron chi connectivity index (χ3n) is 6.84. The van der Waals surface area contributed by atoms with Gasteiger partial charge in [0.15, 0.2) is 0 Å². The van der Waals surface area contributed by atoms with E-state index in [9.17, 15) is 8.78 Å². The highest BCUT2D eigenvalue weighted by atomic mass is 35.5. The molecule has 3 rings (SSSR count). The van der Waals surface area contributed by atoms with Crippen LogP contribution in [-0.4, -0.2) is 6.67 Å². The molecule has 0 N–H and O–H groups in total. The fourth-order valence-corrected chi connectivity index (χ4v) is 5.37. The van der Waals surface area contributed by atoms with E-state index in [4.69, 9.17) is 11.6 Å². The minimum absolute atomic E-state index is 0.0976. The lowest BCUT2D eigenvalue weighted by molar-refractivity contribution is 0.190. The van der Waals surface area contributed by atoms with E-state index in [0.717, 1.165) is 42.6 Å². The van der Waals surface area contributed by atoms with Crippen LogP contribution in [0.15, 0.2) is 17.7 Å². The van der Waals surface area contributed by atoms with E-state index in [-0.39, 0.29) is 17.3 Å². The topological polar surface area (TPSA) is 0 Å². The van der Waals surface area contributed by atoms with E-state index in [1.54, 1.807) is 12.1 Å². The zero-order chi connectivity index (χ0) is 18.7. The number of alkyl halides is 1. The molecule has 0 heterocycles. The van der Waals surface area contributed by atoms with E-state index in [1.807, 2.05) is 0 Å². The molecule has 0 radical (unpaired) electrons. The molecule has 1 fully saturated rings. The number of aryl methyl sites for hydroxylation is 1. The predicted octanol–water partition coefficient (Wildman–Crippen LogP) is 7.78. The summed E-state index contributed by atoms with van der Waals surface area (Å²) in [4.78, 5) is 0. The maximum Gasteiger partial charge on any atom is 0.149 e. The molecule has 2 aliphatic rings. The summed E-state index contributed by atoms with van der Waals surface area (Å²) in [5, 5.41) is 0.0976. The molecule has 0 bridgehead atoms. The normalized spacial score (nSPS) is 27.0. The first-order valence-corrected chi connectivity index (χ1v) is 10.6. The van der Waals surface area contributed by atoms with E-state index in [2.05, 4.69) is 13.8 Å². The number of benzene rings is 1. The van der Waals surface area contributed by atoms with E-state index >= 15 is 0 Å². The zero-order valence-corrected chi connectivity index (χ0v) is 16.8. The summed E-state index contributed by atoms with van der Waals surface area (Å²) in [5.74, 6) is 2.16. The van der Waals surface area contributed by atoms with E-state index in [1.165, 1.54) is 37.7 Å². The molecule has 0 amide bonds. The Morgan fingerprint density at radius 1 is 1.08 bits per heavy atom. The van der Waals surface area contributed by atoms with Crippen LogP contribution in [0.4, 0.5) is 8.78 Å². The maximum atomic E-state index is 14.8. The van der Waals surface area contributed by atoms with Crippen LogP contribution in [-0.2, 0) is 6.42 Å². The Kier molecular flexibility index (Phi) is 6.77. The Morgan fingerprint density at radius 2 is 1.81 bits per heavy atom. The van der Waals surface area contributed by atoms with Crippen LogP contribution in [0.2, 0.25) is 5.02 Å². The molecule has 1 aromatic carbocycles. The Bertz CT molecular complexity index is 656. The highest BCUT2D eigenvalue weighted by Gasteiger charge is 2.30. The number of allylic oxidation sites excluding steroid dienone is 2. The van der Waals surface area contributed by atoms with Crippen molar-refractivity contribution in [2.75, 3.05) is 6.67 Å². The van der Waals surface area contributed by atoms with Crippen LogP contribution in [0.3, 0.4) is 0 Å². The summed E-state index contributed by atoms with van der Waals surface area (Å²) in [5.41, 5.74) is 3.63. The lowest BCUT2D eigenvalue weighted by atomic mass is 9.69. The van der Waals surface area contributed by atoms with Crippen molar-refractivity contribution in [2.24, 2.45) is 17.8 Å². The first kappa shape index (κ1) is 19.9. The second-order valence-electron chi connectivity index (χ2n) is 8.29. The van der Waals surface area contributed by atoms with Crippen molar-refractivity contribution >= 4 is 17.2 Å². The summed E-state index contributed by atoms with van der Waals surface area (Å²) in [6.07, 6.45) is 10.2. The van der Waals surface area contributed by atoms with Gasteiger partial charge in [-0.2, -0.15) is 0 Å². The maximum absolute atomic E-state index is 14.8. The van der Waals surface area contributed by atoms with Gasteiger partial charge < -0.3 is 0 Å². The van der Waals surface area contributed by atoms with Gasteiger partial charge in [-0.25, -0.2) is 4.39 Å². The highest BCUT2D eigenvalue weighted by Crippen LogP contribution is 2.45. The molecule has 2 aliphatic carbocycles. The molecule has 0 nitrogen and oxygen atoms in total. The molecule has 0 aliphatic heterocycles. The molecule has 26 heavy (non-hydrogen) atoms. The van der Waals surface area contributed by atoms with Gasteiger partial charge in [0.2, 0.25) is 0 Å². The Balaban J connectivity index is 1.74. The second kappa shape index (κ2) is 8.87. The largest absolute Gasteiger partial charge is 0.251 e. The van der Waals surface area contributed by atoms with Gasteiger partial charge in [0.25, 0.3) is 0 Å². The summed E-state index contributed by atoms with van der Waals surface area (Å²) >= 11 is 6.16. The third kappa shape index (κ3) is 4.16. The molecular formula is C23H31ClF2. The van der Waals surface area contributed by atoms with Crippen LogP contribution < -0.4 is 0 Å². The van der Waals surface area contributed by atoms with Crippen molar-refractivity contribution in [3.05, 3.63) is 39.7 Å². The van der Waals surface area contributed by atoms with Crippen molar-refractivity contribution in [1.29, 1.82) is 0 Å². The van der Waals surface area contributed by atoms with Crippen LogP contribution in [0.5, 0.6) is 0 Å². The molecule has 3 heteroatoms. The number of hydrogen-bond donors (Lipinski definition) is 0. The van der Waals surface area contributed by atoms with Crippen molar-refractivity contribution in [3.8, 4) is 0 Å². The van der Waals surface area contributed by atoms with Gasteiger partial charge in [0.1, 0.15) is 5.82 Å². The van der Waals surface area contributed by atoms with Gasteiger partial charge in [0, 0.05) is 12.0 Å². The lowest BCUT2D eigenvalue weighted by Crippen LogP contribution is -2.24. The Morgan fingerprint density at radius 3 is 2.42 bits per heavy atom. The third-order valence-corrected chi connectivity index (χ3v) is 7.24. The predicted molar refractivity (Wildman–Crippen MR) is 107 cm³/mol. The van der Waals surface area contributed by atoms with Crippen LogP contribution >= 0.6 is 11.6 Å². The van der Waals surface area contributed by atoms with Gasteiger partial charge in [-0.15, -0.1) is 0 Å². The van der Waals surface area contributed by atoms with E-state index < -0.39 is 6.67 Å². The van der Waals surface area contributed by atoms with Crippen molar-refractivity contribution < 1.29 is 8.78 Å². The fraction of sp³-hybridized carbons (Fsp3) is 0.652. The average molecular weight is 381 g/mol. The zero-order valence-electron chi connectivity index (χ0n) is 16.1. The van der Waals surface area contributed by atoms with Crippen molar-refractivity contribution in [3.63, 3.8) is 0 Å². The standard InChI is InChI=1S/C23H31ClF2/c1-3-16-4-6-17(7-5-16)19-9-10-20(15(2)14-19)21-11-8-18(12-13-25)22(24)23(21)26/h8,11,16-17,19H,3-7,9-10,12-14H2,1-2H3. The lowest BCUT2D eigenvalue weighted by Gasteiger charge is -2.37. The monoisotopic (exact) mass is 380 g/mol. The molecule has 1 saturated carbocycles. The van der Waals surface area contributed by atoms with Crippen LogP contribution in [0, 0.1) is 23.6 Å². The molecule has 144 valence electrons. The van der Waals surface area contributed by atoms with Gasteiger partial charge >= 0.3 is 0 Å². The van der Waals surface area contributed by atoms with Gasteiger partial charge in [0.05, 0.1) is 11.7 Å². The van der Waals surface area contributed by atoms with Gasteiger partial charge in [-0.05, 0) is 67.9 Å². The van der Waals surface area contributed by atoms with Gasteiger partial charge in [-0.3, -0.25) is 4.39 Å². The molecule has 1 atom stereocenters. The number of hydrogen-bond acceptors (Lipinski definition) is 0. The number of halogens is 3. The van der Waals surface area contributed by atoms with Crippen molar-refractivity contribution in [1.82, 2.24) is 0 Å². The molecular weight excluding hydrogens is 350 g/mol. The molecule has 0 spiro atoms. The van der Waals surface area contributed by atoms with Crippen molar-refractivity contribution in [2.45, 2.75) is 71.6 Å². The molecule has 0 saturated heterocycles.